The van der Waals surface area contributed by atoms with E-state index in [4.69, 9.17) is 0 Å². The van der Waals surface area contributed by atoms with Crippen LogP contribution in [0.4, 0.5) is 0 Å². The van der Waals surface area contributed by atoms with Gasteiger partial charge in [0.05, 0.1) is 0 Å². The van der Waals surface area contributed by atoms with Crippen LogP contribution >= 0.6 is 0 Å². The summed E-state index contributed by atoms with van der Waals surface area (Å²) in [6.45, 7) is 15.3. The number of hydrogen-bond donors (Lipinski definition) is 0. The molecular weight excluding hydrogens is 408 g/mol. The topological polar surface area (TPSA) is 51.2 Å². The molecule has 0 aliphatic heterocycles. The average Bonchev–Trinajstić information content (AvgIpc) is 3.22. The number of carbonyl (C=O) groups excluding carboxylic acids is 3. The van der Waals surface area contributed by atoms with E-state index in [-0.39, 0.29) is 5.78 Å². The molecule has 4 fully saturated rings. The molecule has 0 N–H and O–H groups in total. The van der Waals surface area contributed by atoms with Crippen molar-refractivity contribution in [1.82, 2.24) is 0 Å². The van der Waals surface area contributed by atoms with Crippen molar-refractivity contribution in [3.8, 4) is 0 Å². The highest BCUT2D eigenvalue weighted by atomic mass is 16.1. The number of unbranched alkanes of at least 4 members (excludes halogenated alkanes) is 1. The van der Waals surface area contributed by atoms with Crippen molar-refractivity contribution in [1.29, 1.82) is 0 Å². The molecular formula is C30H46O3. The van der Waals surface area contributed by atoms with Crippen LogP contribution in [0.15, 0.2) is 23.8 Å². The largest absolute Gasteiger partial charge is 0.300 e. The molecule has 5 aliphatic carbocycles. The van der Waals surface area contributed by atoms with Gasteiger partial charge in [-0.2, -0.15) is 0 Å². The van der Waals surface area contributed by atoms with Crippen LogP contribution in [-0.2, 0) is 14.4 Å². The first-order chi connectivity index (χ1) is 15.4. The van der Waals surface area contributed by atoms with Gasteiger partial charge in [-0.1, -0.05) is 66.0 Å². The molecule has 6 atom stereocenters. The highest BCUT2D eigenvalue weighted by Gasteiger charge is 2.67. The van der Waals surface area contributed by atoms with Crippen LogP contribution < -0.4 is 0 Å². The van der Waals surface area contributed by atoms with E-state index in [1.165, 1.54) is 24.8 Å². The minimum absolute atomic E-state index is 0.137. The summed E-state index contributed by atoms with van der Waals surface area (Å²) in [6.07, 6.45) is 13.9. The molecule has 0 aromatic rings. The molecule has 184 valence electrons. The van der Waals surface area contributed by atoms with Gasteiger partial charge in [-0.05, 0) is 84.7 Å². The fourth-order valence-corrected chi connectivity index (χ4v) is 7.22. The molecule has 0 spiro atoms. The molecule has 0 bridgehead atoms. The third kappa shape index (κ3) is 5.60. The molecule has 0 heterocycles. The average molecular weight is 455 g/mol. The van der Waals surface area contributed by atoms with Crippen LogP contribution in [0.25, 0.3) is 0 Å². The predicted octanol–water partition coefficient (Wildman–Crippen LogP) is 7.15. The Morgan fingerprint density at radius 2 is 1.58 bits per heavy atom. The zero-order valence-corrected chi connectivity index (χ0v) is 22.1. The third-order valence-corrected chi connectivity index (χ3v) is 9.38. The maximum Gasteiger partial charge on any atom is 0.155 e. The van der Waals surface area contributed by atoms with Crippen molar-refractivity contribution >= 4 is 17.3 Å². The number of hydrogen-bond acceptors (Lipinski definition) is 3. The molecule has 0 aromatic heterocycles. The van der Waals surface area contributed by atoms with E-state index in [0.29, 0.717) is 28.3 Å². The van der Waals surface area contributed by atoms with Crippen LogP contribution in [0.2, 0.25) is 0 Å². The fraction of sp³-hybridized carbons (Fsp3) is 0.767. The summed E-state index contributed by atoms with van der Waals surface area (Å²) < 4.78 is 0. The van der Waals surface area contributed by atoms with Crippen molar-refractivity contribution < 1.29 is 14.4 Å². The Balaban J connectivity index is 0.000000154. The first-order valence-electron chi connectivity index (χ1n) is 13.4. The summed E-state index contributed by atoms with van der Waals surface area (Å²) in [7, 11) is 0. The standard InChI is InChI=1S/C15H22O.C8H12O.C7H12O/c1-4-5-9-6-11(16)7-10-8-12-14(13(9)10)15(12,2)3;1-8(2)6-3-5(9)4-7(6)8;1-3-4-5-6-7(2)8/h7,9,12-14H,4-6,8H2,1-3H3;6-7H,3-4H2,1-2H3;5-6H,3-4H2,1-2H3/b;;6-5+/t9-,12+,13+,14+;6-,7+;/m0../s1. The quantitative estimate of drug-likeness (QED) is 0.415. The second kappa shape index (κ2) is 10.0. The van der Waals surface area contributed by atoms with Crippen molar-refractivity contribution in [2.45, 2.75) is 99.8 Å². The highest BCUT2D eigenvalue weighted by molar-refractivity contribution is 5.92. The summed E-state index contributed by atoms with van der Waals surface area (Å²) in [6, 6.07) is 0. The van der Waals surface area contributed by atoms with Gasteiger partial charge in [0, 0.05) is 19.3 Å². The van der Waals surface area contributed by atoms with Gasteiger partial charge < -0.3 is 0 Å². The molecule has 0 radical (unpaired) electrons. The lowest BCUT2D eigenvalue weighted by Crippen LogP contribution is -2.26. The first-order valence-corrected chi connectivity index (χ1v) is 13.4. The SMILES string of the molecule is CC1(C)[C@@H]2CC(=O)C[C@@H]21.CCC/C=C/C(C)=O.CCC[C@H]1CC(=O)C=C2C[C@@H]3[C@H]([C@@H]21)C3(C)C. The Hall–Kier alpha value is -1.51. The smallest absolute Gasteiger partial charge is 0.155 e. The van der Waals surface area contributed by atoms with Crippen molar-refractivity contribution in [3.05, 3.63) is 23.8 Å². The Morgan fingerprint density at radius 1 is 0.939 bits per heavy atom. The van der Waals surface area contributed by atoms with E-state index < -0.39 is 0 Å². The van der Waals surface area contributed by atoms with Gasteiger partial charge in [-0.15, -0.1) is 0 Å². The van der Waals surface area contributed by atoms with E-state index in [1.54, 1.807) is 13.0 Å². The van der Waals surface area contributed by atoms with Gasteiger partial charge >= 0.3 is 0 Å². The molecule has 33 heavy (non-hydrogen) atoms. The molecule has 4 saturated carbocycles. The number of allylic oxidation sites excluding steroid dienone is 4. The van der Waals surface area contributed by atoms with Crippen molar-refractivity contribution in [2.75, 3.05) is 0 Å². The molecule has 0 unspecified atom stereocenters. The van der Waals surface area contributed by atoms with E-state index in [9.17, 15) is 14.4 Å². The zero-order chi connectivity index (χ0) is 24.6. The number of ketones is 3. The van der Waals surface area contributed by atoms with Gasteiger partial charge in [-0.3, -0.25) is 14.4 Å². The first kappa shape index (κ1) is 26.1. The summed E-state index contributed by atoms with van der Waals surface area (Å²) in [5, 5.41) is 0. The summed E-state index contributed by atoms with van der Waals surface area (Å²) >= 11 is 0. The number of fused-ring (bicyclic) bond motifs is 4. The Bertz CT molecular complexity index is 811. The second-order valence-electron chi connectivity index (χ2n) is 12.4. The number of rotatable bonds is 5. The van der Waals surface area contributed by atoms with E-state index >= 15 is 0 Å². The number of carbonyl (C=O) groups is 3. The fourth-order valence-electron chi connectivity index (χ4n) is 7.22. The van der Waals surface area contributed by atoms with Gasteiger partial charge in [0.25, 0.3) is 0 Å². The lowest BCUT2D eigenvalue weighted by atomic mass is 9.72. The minimum atomic E-state index is 0.137. The highest BCUT2D eigenvalue weighted by Crippen LogP contribution is 2.73. The summed E-state index contributed by atoms with van der Waals surface area (Å²) in [5.41, 5.74) is 2.59. The summed E-state index contributed by atoms with van der Waals surface area (Å²) in [4.78, 5) is 32.7. The van der Waals surface area contributed by atoms with Crippen LogP contribution in [0.1, 0.15) is 99.8 Å². The zero-order valence-electron chi connectivity index (χ0n) is 22.1. The van der Waals surface area contributed by atoms with Crippen LogP contribution in [0.5, 0.6) is 0 Å². The molecule has 5 rings (SSSR count). The lowest BCUT2D eigenvalue weighted by Gasteiger charge is -2.31. The molecule has 0 saturated heterocycles. The van der Waals surface area contributed by atoms with Crippen LogP contribution in [0.3, 0.4) is 0 Å². The Labute approximate surface area is 201 Å². The maximum atomic E-state index is 11.7. The Kier molecular flexibility index (Phi) is 7.91. The van der Waals surface area contributed by atoms with Gasteiger partial charge in [-0.25, -0.2) is 0 Å². The van der Waals surface area contributed by atoms with Gasteiger partial charge in [0.15, 0.2) is 11.6 Å². The molecule has 5 aliphatic rings. The molecule has 0 amide bonds. The predicted molar refractivity (Wildman–Crippen MR) is 135 cm³/mol. The van der Waals surface area contributed by atoms with Crippen LogP contribution in [0, 0.1) is 46.3 Å². The van der Waals surface area contributed by atoms with E-state index in [0.717, 1.165) is 61.7 Å². The lowest BCUT2D eigenvalue weighted by molar-refractivity contribution is -0.119. The Morgan fingerprint density at radius 3 is 2.09 bits per heavy atom. The van der Waals surface area contributed by atoms with Crippen molar-refractivity contribution in [3.63, 3.8) is 0 Å². The molecule has 3 nitrogen and oxygen atoms in total. The van der Waals surface area contributed by atoms with Crippen LogP contribution in [-0.4, -0.2) is 17.3 Å². The summed E-state index contributed by atoms with van der Waals surface area (Å²) in [5.74, 6) is 5.73. The third-order valence-electron chi connectivity index (χ3n) is 9.38. The molecule has 0 aromatic carbocycles. The normalized spacial score (nSPS) is 35.9. The second-order valence-corrected chi connectivity index (χ2v) is 12.4. The van der Waals surface area contributed by atoms with E-state index in [1.807, 2.05) is 12.2 Å². The van der Waals surface area contributed by atoms with Gasteiger partial charge in [0.2, 0.25) is 0 Å². The van der Waals surface area contributed by atoms with E-state index in [2.05, 4.69) is 41.5 Å². The number of Topliss-reactive ketones (excluding diaryl/α,β-unsaturated/α-hetero) is 1. The maximum absolute atomic E-state index is 11.7. The monoisotopic (exact) mass is 454 g/mol. The van der Waals surface area contributed by atoms with Crippen molar-refractivity contribution in [2.24, 2.45) is 46.3 Å². The minimum Gasteiger partial charge on any atom is -0.300 e. The molecule has 3 heteroatoms. The van der Waals surface area contributed by atoms with Gasteiger partial charge in [0.1, 0.15) is 5.78 Å².